The Hall–Kier alpha value is -3.25. The molecule has 6 nitrogen and oxygen atoms in total. The van der Waals surface area contributed by atoms with Gasteiger partial charge in [-0.25, -0.2) is 0 Å². The molecule has 0 spiro atoms. The second kappa shape index (κ2) is 9.71. The van der Waals surface area contributed by atoms with E-state index in [-0.39, 0.29) is 18.1 Å². The fourth-order valence-electron chi connectivity index (χ4n) is 4.65. The number of amides is 1. The van der Waals surface area contributed by atoms with Gasteiger partial charge >= 0.3 is 0 Å². The van der Waals surface area contributed by atoms with Crippen molar-refractivity contribution in [1.82, 2.24) is 5.32 Å². The van der Waals surface area contributed by atoms with Gasteiger partial charge in [-0.15, -0.1) is 0 Å². The maximum Gasteiger partial charge on any atom is 0.231 e. The van der Waals surface area contributed by atoms with Crippen LogP contribution in [0.2, 0.25) is 0 Å². The van der Waals surface area contributed by atoms with E-state index in [1.54, 1.807) is 0 Å². The fraction of sp³-hybridized carbons (Fsp3) is 0.370. The summed E-state index contributed by atoms with van der Waals surface area (Å²) in [6, 6.07) is 20.3. The molecule has 2 aliphatic heterocycles. The van der Waals surface area contributed by atoms with E-state index in [4.69, 9.17) is 18.9 Å². The molecule has 3 aromatic carbocycles. The van der Waals surface area contributed by atoms with E-state index in [1.807, 2.05) is 30.3 Å². The number of benzene rings is 3. The van der Waals surface area contributed by atoms with Crippen molar-refractivity contribution in [3.63, 3.8) is 0 Å². The lowest BCUT2D eigenvalue weighted by Gasteiger charge is -2.38. The van der Waals surface area contributed by atoms with Gasteiger partial charge in [0.05, 0.1) is 6.61 Å². The van der Waals surface area contributed by atoms with Crippen LogP contribution < -0.4 is 19.5 Å². The maximum atomic E-state index is 12.6. The first-order chi connectivity index (χ1) is 16.2. The molecule has 6 heteroatoms. The standard InChI is InChI=1S/C27H29NO5/c29-26(9-4-14-31-23-8-3-6-20-5-1-2-7-22(20)23)28-18-27(12-15-30-16-13-27)21-10-11-24-25(17-21)33-19-32-24/h1-3,5-8,10-11,17H,4,9,12-16,18-19H2,(H,28,29). The molecule has 0 atom stereocenters. The van der Waals surface area contributed by atoms with Crippen molar-refractivity contribution >= 4 is 16.7 Å². The third-order valence-corrected chi connectivity index (χ3v) is 6.61. The molecule has 0 radical (unpaired) electrons. The van der Waals surface area contributed by atoms with Gasteiger partial charge in [0.2, 0.25) is 12.7 Å². The Labute approximate surface area is 193 Å². The number of hydrogen-bond acceptors (Lipinski definition) is 5. The Kier molecular flexibility index (Phi) is 6.35. The van der Waals surface area contributed by atoms with Crippen LogP contribution in [0.4, 0.5) is 0 Å². The minimum Gasteiger partial charge on any atom is -0.493 e. The summed E-state index contributed by atoms with van der Waals surface area (Å²) in [5.41, 5.74) is 1.00. The van der Waals surface area contributed by atoms with Crippen LogP contribution in [0.25, 0.3) is 10.8 Å². The second-order valence-electron chi connectivity index (χ2n) is 8.67. The van der Waals surface area contributed by atoms with Crippen molar-refractivity contribution in [2.75, 3.05) is 33.2 Å². The molecule has 172 valence electrons. The third-order valence-electron chi connectivity index (χ3n) is 6.61. The predicted molar refractivity (Wildman–Crippen MR) is 126 cm³/mol. The van der Waals surface area contributed by atoms with E-state index in [2.05, 4.69) is 35.6 Å². The molecule has 0 aliphatic carbocycles. The Balaban J connectivity index is 1.15. The first-order valence-electron chi connectivity index (χ1n) is 11.6. The van der Waals surface area contributed by atoms with Gasteiger partial charge in [-0.3, -0.25) is 4.79 Å². The van der Waals surface area contributed by atoms with Gasteiger partial charge in [0, 0.05) is 37.0 Å². The average Bonchev–Trinajstić information content (AvgIpc) is 3.34. The summed E-state index contributed by atoms with van der Waals surface area (Å²) in [6.45, 7) is 2.71. The number of ether oxygens (including phenoxy) is 4. The van der Waals surface area contributed by atoms with E-state index < -0.39 is 0 Å². The number of carbonyl (C=O) groups is 1. The molecule has 2 heterocycles. The number of rotatable bonds is 8. The summed E-state index contributed by atoms with van der Waals surface area (Å²) in [5, 5.41) is 5.41. The highest BCUT2D eigenvalue weighted by Gasteiger charge is 2.36. The van der Waals surface area contributed by atoms with Crippen LogP contribution in [-0.2, 0) is 14.9 Å². The smallest absolute Gasteiger partial charge is 0.231 e. The van der Waals surface area contributed by atoms with Gasteiger partial charge in [0.25, 0.3) is 0 Å². The topological polar surface area (TPSA) is 66.0 Å². The summed E-state index contributed by atoms with van der Waals surface area (Å²) in [5.74, 6) is 2.45. The minimum atomic E-state index is -0.158. The summed E-state index contributed by atoms with van der Waals surface area (Å²) >= 11 is 0. The van der Waals surface area contributed by atoms with Crippen LogP contribution in [0, 0.1) is 0 Å². The van der Waals surface area contributed by atoms with Crippen LogP contribution in [0.1, 0.15) is 31.2 Å². The monoisotopic (exact) mass is 447 g/mol. The van der Waals surface area contributed by atoms with Crippen molar-refractivity contribution in [1.29, 1.82) is 0 Å². The van der Waals surface area contributed by atoms with Crippen molar-refractivity contribution in [3.05, 3.63) is 66.2 Å². The molecule has 0 aromatic heterocycles. The highest BCUT2D eigenvalue weighted by Crippen LogP contribution is 2.40. The van der Waals surface area contributed by atoms with Gasteiger partial charge in [-0.2, -0.15) is 0 Å². The van der Waals surface area contributed by atoms with E-state index in [9.17, 15) is 4.79 Å². The highest BCUT2D eigenvalue weighted by atomic mass is 16.7. The average molecular weight is 448 g/mol. The molecular formula is C27H29NO5. The van der Waals surface area contributed by atoms with E-state index in [1.165, 1.54) is 0 Å². The van der Waals surface area contributed by atoms with E-state index in [0.29, 0.717) is 39.2 Å². The summed E-state index contributed by atoms with van der Waals surface area (Å²) in [6.07, 6.45) is 2.81. The lowest BCUT2D eigenvalue weighted by atomic mass is 9.74. The van der Waals surface area contributed by atoms with Crippen LogP contribution in [0.5, 0.6) is 17.2 Å². The zero-order valence-corrected chi connectivity index (χ0v) is 18.7. The molecule has 0 saturated carbocycles. The van der Waals surface area contributed by atoms with Crippen LogP contribution in [0.3, 0.4) is 0 Å². The quantitative estimate of drug-likeness (QED) is 0.512. The lowest BCUT2D eigenvalue weighted by molar-refractivity contribution is -0.121. The molecule has 1 N–H and O–H groups in total. The van der Waals surface area contributed by atoms with Gasteiger partial charge in [-0.05, 0) is 48.4 Å². The van der Waals surface area contributed by atoms with E-state index >= 15 is 0 Å². The first-order valence-corrected chi connectivity index (χ1v) is 11.6. The largest absolute Gasteiger partial charge is 0.493 e. The normalized spacial score (nSPS) is 16.5. The zero-order valence-electron chi connectivity index (χ0n) is 18.7. The van der Waals surface area contributed by atoms with Crippen LogP contribution in [0.15, 0.2) is 60.7 Å². The summed E-state index contributed by atoms with van der Waals surface area (Å²) in [4.78, 5) is 12.6. The highest BCUT2D eigenvalue weighted by molar-refractivity contribution is 5.88. The van der Waals surface area contributed by atoms with Gasteiger partial charge in [-0.1, -0.05) is 42.5 Å². The fourth-order valence-corrected chi connectivity index (χ4v) is 4.65. The molecule has 1 fully saturated rings. The molecule has 3 aromatic rings. The Morgan fingerprint density at radius 2 is 1.79 bits per heavy atom. The summed E-state index contributed by atoms with van der Waals surface area (Å²) < 4.78 is 22.6. The molecule has 0 bridgehead atoms. The van der Waals surface area contributed by atoms with Crippen molar-refractivity contribution in [3.8, 4) is 17.2 Å². The van der Waals surface area contributed by atoms with Crippen molar-refractivity contribution in [2.45, 2.75) is 31.1 Å². The molecule has 1 saturated heterocycles. The Bertz CT molecular complexity index is 1120. The number of carbonyl (C=O) groups excluding carboxylic acids is 1. The number of nitrogens with one attached hydrogen (secondary N) is 1. The number of hydrogen-bond donors (Lipinski definition) is 1. The summed E-state index contributed by atoms with van der Waals surface area (Å²) in [7, 11) is 0. The molecule has 1 amide bonds. The zero-order chi connectivity index (χ0) is 22.5. The van der Waals surface area contributed by atoms with Gasteiger partial charge in [0.1, 0.15) is 5.75 Å². The predicted octanol–water partition coefficient (Wildman–Crippen LogP) is 4.59. The Morgan fingerprint density at radius 3 is 2.70 bits per heavy atom. The Morgan fingerprint density at radius 1 is 0.970 bits per heavy atom. The molecule has 5 rings (SSSR count). The maximum absolute atomic E-state index is 12.6. The molecule has 33 heavy (non-hydrogen) atoms. The van der Waals surface area contributed by atoms with E-state index in [0.717, 1.165) is 46.4 Å². The molecule has 0 unspecified atom stereocenters. The second-order valence-corrected chi connectivity index (χ2v) is 8.67. The SMILES string of the molecule is O=C(CCCOc1cccc2ccccc12)NCC1(c2ccc3c(c2)OCO3)CCOCC1. The van der Waals surface area contributed by atoms with Crippen LogP contribution in [-0.4, -0.2) is 39.1 Å². The van der Waals surface area contributed by atoms with Crippen molar-refractivity contribution in [2.24, 2.45) is 0 Å². The lowest BCUT2D eigenvalue weighted by Crippen LogP contribution is -2.44. The van der Waals surface area contributed by atoms with Gasteiger partial charge < -0.3 is 24.3 Å². The van der Waals surface area contributed by atoms with Crippen molar-refractivity contribution < 1.29 is 23.7 Å². The third kappa shape index (κ3) is 4.76. The number of fused-ring (bicyclic) bond motifs is 2. The van der Waals surface area contributed by atoms with Crippen LogP contribution >= 0.6 is 0 Å². The van der Waals surface area contributed by atoms with Gasteiger partial charge in [0.15, 0.2) is 11.5 Å². The minimum absolute atomic E-state index is 0.0446. The molecule has 2 aliphatic rings. The first kappa shape index (κ1) is 21.6. The molecular weight excluding hydrogens is 418 g/mol.